The number of hydrogen-bond donors (Lipinski definition) is 3. The van der Waals surface area contributed by atoms with Crippen LogP contribution in [0.15, 0.2) is 30.3 Å². The summed E-state index contributed by atoms with van der Waals surface area (Å²) in [7, 11) is 0. The van der Waals surface area contributed by atoms with Crippen molar-refractivity contribution in [1.29, 1.82) is 0 Å². The first-order valence-electron chi connectivity index (χ1n) is 5.09. The maximum atomic E-state index is 10.1. The van der Waals surface area contributed by atoms with Gasteiger partial charge in [-0.1, -0.05) is 30.3 Å². The van der Waals surface area contributed by atoms with Crippen LogP contribution in [-0.2, 0) is 6.42 Å². The average Bonchev–Trinajstić information content (AvgIpc) is 2.18. The Bertz CT molecular complexity index is 285. The summed E-state index contributed by atoms with van der Waals surface area (Å²) in [5.74, 6) is 0. The Morgan fingerprint density at radius 1 is 1.07 bits per heavy atom. The van der Waals surface area contributed by atoms with Crippen molar-refractivity contribution in [3.05, 3.63) is 35.9 Å². The third-order valence-electron chi connectivity index (χ3n) is 2.78. The molecule has 0 fully saturated rings. The van der Waals surface area contributed by atoms with E-state index < -0.39 is 17.8 Å². The molecule has 0 aliphatic carbocycles. The third kappa shape index (κ3) is 2.78. The first kappa shape index (κ1) is 12.2. The zero-order valence-electron chi connectivity index (χ0n) is 9.09. The number of aliphatic hydroxyl groups is 3. The van der Waals surface area contributed by atoms with Gasteiger partial charge in [0.05, 0.1) is 12.2 Å². The lowest BCUT2D eigenvalue weighted by Crippen LogP contribution is -2.51. The normalized spacial score (nSPS) is 16.1. The van der Waals surface area contributed by atoms with Crippen LogP contribution in [0.5, 0.6) is 0 Å². The zero-order valence-corrected chi connectivity index (χ0v) is 9.09. The van der Waals surface area contributed by atoms with Crippen molar-refractivity contribution in [3.8, 4) is 0 Å². The van der Waals surface area contributed by atoms with E-state index in [9.17, 15) is 15.3 Å². The van der Waals surface area contributed by atoms with Crippen LogP contribution in [0.3, 0.4) is 0 Å². The molecule has 0 saturated carbocycles. The number of aliphatic hydroxyl groups excluding tert-OH is 2. The fourth-order valence-electron chi connectivity index (χ4n) is 1.57. The van der Waals surface area contributed by atoms with Crippen LogP contribution < -0.4 is 0 Å². The first-order chi connectivity index (χ1) is 6.97. The Morgan fingerprint density at radius 2 is 1.53 bits per heavy atom. The van der Waals surface area contributed by atoms with Gasteiger partial charge in [-0.25, -0.2) is 0 Å². The predicted molar refractivity (Wildman–Crippen MR) is 58.5 cm³/mol. The maximum absolute atomic E-state index is 10.1. The molecule has 84 valence electrons. The van der Waals surface area contributed by atoms with Gasteiger partial charge in [0.1, 0.15) is 5.60 Å². The van der Waals surface area contributed by atoms with Crippen LogP contribution >= 0.6 is 0 Å². The topological polar surface area (TPSA) is 60.7 Å². The van der Waals surface area contributed by atoms with Gasteiger partial charge in [0.15, 0.2) is 0 Å². The van der Waals surface area contributed by atoms with Gasteiger partial charge in [-0.2, -0.15) is 0 Å². The van der Waals surface area contributed by atoms with Crippen LogP contribution in [0.4, 0.5) is 0 Å². The van der Waals surface area contributed by atoms with Gasteiger partial charge in [0.25, 0.3) is 0 Å². The molecule has 1 aromatic carbocycles. The third-order valence-corrected chi connectivity index (χ3v) is 2.78. The van der Waals surface area contributed by atoms with Crippen LogP contribution in [0, 0.1) is 0 Å². The summed E-state index contributed by atoms with van der Waals surface area (Å²) >= 11 is 0. The molecule has 0 radical (unpaired) electrons. The van der Waals surface area contributed by atoms with Crippen LogP contribution in [-0.4, -0.2) is 33.1 Å². The van der Waals surface area contributed by atoms with Gasteiger partial charge < -0.3 is 15.3 Å². The van der Waals surface area contributed by atoms with Gasteiger partial charge in [-0.05, 0) is 19.4 Å². The van der Waals surface area contributed by atoms with Crippen LogP contribution in [0.1, 0.15) is 19.4 Å². The molecule has 2 atom stereocenters. The first-order valence-corrected chi connectivity index (χ1v) is 5.09. The molecular formula is C12H18O3. The van der Waals surface area contributed by atoms with E-state index in [1.165, 1.54) is 13.8 Å². The molecule has 0 bridgehead atoms. The highest BCUT2D eigenvalue weighted by molar-refractivity contribution is 5.18. The minimum Gasteiger partial charge on any atom is -0.390 e. The van der Waals surface area contributed by atoms with Crippen molar-refractivity contribution >= 4 is 0 Å². The Morgan fingerprint density at radius 3 is 1.93 bits per heavy atom. The number of benzene rings is 1. The fourth-order valence-corrected chi connectivity index (χ4v) is 1.57. The monoisotopic (exact) mass is 210 g/mol. The highest BCUT2D eigenvalue weighted by Crippen LogP contribution is 2.21. The molecule has 15 heavy (non-hydrogen) atoms. The summed E-state index contributed by atoms with van der Waals surface area (Å²) in [5.41, 5.74) is -0.594. The zero-order chi connectivity index (χ0) is 11.5. The second-order valence-corrected chi connectivity index (χ2v) is 4.01. The summed E-state index contributed by atoms with van der Waals surface area (Å²) < 4.78 is 0. The lowest BCUT2D eigenvalue weighted by atomic mass is 9.85. The highest BCUT2D eigenvalue weighted by atomic mass is 16.4. The predicted octanol–water partition coefficient (Wildman–Crippen LogP) is 0.722. The molecule has 3 N–H and O–H groups in total. The van der Waals surface area contributed by atoms with Crippen molar-refractivity contribution in [2.45, 2.75) is 38.1 Å². The molecule has 0 spiro atoms. The molecule has 0 aliphatic heterocycles. The van der Waals surface area contributed by atoms with E-state index in [1.54, 1.807) is 0 Å². The molecule has 0 unspecified atom stereocenters. The molecule has 1 rings (SSSR count). The Kier molecular flexibility index (Phi) is 3.85. The number of hydrogen-bond acceptors (Lipinski definition) is 3. The molecule has 3 heteroatoms. The average molecular weight is 210 g/mol. The molecule has 3 nitrogen and oxygen atoms in total. The largest absolute Gasteiger partial charge is 0.390 e. The second-order valence-electron chi connectivity index (χ2n) is 4.01. The van der Waals surface area contributed by atoms with E-state index in [0.717, 1.165) is 5.56 Å². The molecule has 0 saturated heterocycles. The van der Waals surface area contributed by atoms with E-state index in [0.29, 0.717) is 0 Å². The second kappa shape index (κ2) is 4.75. The van der Waals surface area contributed by atoms with E-state index in [1.807, 2.05) is 30.3 Å². The SMILES string of the molecule is C[C@@H](O)C(O)(Cc1ccccc1)[C@@H](C)O. The van der Waals surface area contributed by atoms with Crippen molar-refractivity contribution in [1.82, 2.24) is 0 Å². The van der Waals surface area contributed by atoms with Crippen molar-refractivity contribution in [3.63, 3.8) is 0 Å². The van der Waals surface area contributed by atoms with Gasteiger partial charge in [0.2, 0.25) is 0 Å². The van der Waals surface area contributed by atoms with E-state index in [2.05, 4.69) is 0 Å². The Balaban J connectivity index is 2.85. The van der Waals surface area contributed by atoms with Crippen LogP contribution in [0.2, 0.25) is 0 Å². The van der Waals surface area contributed by atoms with E-state index in [4.69, 9.17) is 0 Å². The maximum Gasteiger partial charge on any atom is 0.120 e. The van der Waals surface area contributed by atoms with Gasteiger partial charge >= 0.3 is 0 Å². The van der Waals surface area contributed by atoms with Gasteiger partial charge in [0, 0.05) is 6.42 Å². The summed E-state index contributed by atoms with van der Waals surface area (Å²) in [6.45, 7) is 2.96. The smallest absolute Gasteiger partial charge is 0.120 e. The van der Waals surface area contributed by atoms with Crippen molar-refractivity contribution < 1.29 is 15.3 Å². The van der Waals surface area contributed by atoms with E-state index >= 15 is 0 Å². The summed E-state index contributed by atoms with van der Waals surface area (Å²) in [6.07, 6.45) is -1.71. The minimum atomic E-state index is -1.48. The quantitative estimate of drug-likeness (QED) is 0.686. The van der Waals surface area contributed by atoms with Crippen LogP contribution in [0.25, 0.3) is 0 Å². The molecule has 0 aliphatic rings. The van der Waals surface area contributed by atoms with Crippen molar-refractivity contribution in [2.75, 3.05) is 0 Å². The fraction of sp³-hybridized carbons (Fsp3) is 0.500. The Hall–Kier alpha value is -0.900. The lowest BCUT2D eigenvalue weighted by Gasteiger charge is -2.34. The molecular weight excluding hydrogens is 192 g/mol. The summed E-state index contributed by atoms with van der Waals surface area (Å²) in [4.78, 5) is 0. The minimum absolute atomic E-state index is 0.239. The molecule has 1 aromatic rings. The van der Waals surface area contributed by atoms with Gasteiger partial charge in [-0.15, -0.1) is 0 Å². The summed E-state index contributed by atoms with van der Waals surface area (Å²) in [5, 5.41) is 29.1. The molecule has 0 aromatic heterocycles. The lowest BCUT2D eigenvalue weighted by molar-refractivity contribution is -0.133. The van der Waals surface area contributed by atoms with Crippen molar-refractivity contribution in [2.24, 2.45) is 0 Å². The van der Waals surface area contributed by atoms with E-state index in [-0.39, 0.29) is 6.42 Å². The Labute approximate surface area is 90.0 Å². The van der Waals surface area contributed by atoms with Gasteiger partial charge in [-0.3, -0.25) is 0 Å². The number of rotatable bonds is 4. The molecule has 0 heterocycles. The summed E-state index contributed by atoms with van der Waals surface area (Å²) in [6, 6.07) is 9.32. The standard InChI is InChI=1S/C12H18O3/c1-9(13)12(15,10(2)14)8-11-6-4-3-5-7-11/h3-7,9-10,13-15H,8H2,1-2H3/t9-,10-/m1/s1. The highest BCUT2D eigenvalue weighted by Gasteiger charge is 2.37. The molecule has 0 amide bonds.